The summed E-state index contributed by atoms with van der Waals surface area (Å²) in [6.45, 7) is 2.05. The van der Waals surface area contributed by atoms with Gasteiger partial charge >= 0.3 is 0 Å². The molecule has 4 heteroatoms. The SMILES string of the molecule is Cc1ccccc1C(NN)c1ccc(Cl)cc1N. The van der Waals surface area contributed by atoms with Crippen molar-refractivity contribution in [2.45, 2.75) is 13.0 Å². The van der Waals surface area contributed by atoms with E-state index in [1.54, 1.807) is 6.07 Å². The van der Waals surface area contributed by atoms with Crippen LogP contribution >= 0.6 is 11.6 Å². The topological polar surface area (TPSA) is 64.1 Å². The highest BCUT2D eigenvalue weighted by molar-refractivity contribution is 6.30. The van der Waals surface area contributed by atoms with E-state index < -0.39 is 0 Å². The number of rotatable bonds is 3. The highest BCUT2D eigenvalue weighted by atomic mass is 35.5. The van der Waals surface area contributed by atoms with Crippen LogP contribution in [0.4, 0.5) is 5.69 Å². The standard InChI is InChI=1S/C14H16ClN3/c1-9-4-2-3-5-11(9)14(18-17)12-7-6-10(15)8-13(12)16/h2-8,14,18H,16-17H2,1H3. The van der Waals surface area contributed by atoms with Gasteiger partial charge in [0, 0.05) is 10.7 Å². The van der Waals surface area contributed by atoms with Gasteiger partial charge < -0.3 is 5.73 Å². The van der Waals surface area contributed by atoms with Crippen molar-refractivity contribution in [2.24, 2.45) is 5.84 Å². The number of anilines is 1. The molecule has 94 valence electrons. The van der Waals surface area contributed by atoms with Crippen molar-refractivity contribution >= 4 is 17.3 Å². The molecule has 0 fully saturated rings. The molecule has 0 aliphatic carbocycles. The summed E-state index contributed by atoms with van der Waals surface area (Å²) in [6, 6.07) is 13.4. The van der Waals surface area contributed by atoms with Crippen LogP contribution in [0.1, 0.15) is 22.7 Å². The molecule has 0 heterocycles. The predicted molar refractivity (Wildman–Crippen MR) is 76.2 cm³/mol. The lowest BCUT2D eigenvalue weighted by Crippen LogP contribution is -2.30. The summed E-state index contributed by atoms with van der Waals surface area (Å²) in [4.78, 5) is 0. The first-order chi connectivity index (χ1) is 8.63. The minimum absolute atomic E-state index is 0.136. The van der Waals surface area contributed by atoms with Crippen molar-refractivity contribution in [2.75, 3.05) is 5.73 Å². The normalized spacial score (nSPS) is 12.4. The lowest BCUT2D eigenvalue weighted by atomic mass is 9.94. The van der Waals surface area contributed by atoms with E-state index in [2.05, 4.69) is 5.43 Å². The van der Waals surface area contributed by atoms with Crippen LogP contribution in [0.15, 0.2) is 42.5 Å². The Morgan fingerprint density at radius 3 is 2.44 bits per heavy atom. The molecule has 1 atom stereocenters. The molecule has 0 amide bonds. The number of nitrogen functional groups attached to an aromatic ring is 1. The molecule has 2 aromatic carbocycles. The van der Waals surface area contributed by atoms with Crippen LogP contribution in [0.3, 0.4) is 0 Å². The predicted octanol–water partition coefficient (Wildman–Crippen LogP) is 2.78. The first-order valence-electron chi connectivity index (χ1n) is 5.70. The van der Waals surface area contributed by atoms with Gasteiger partial charge in [0.1, 0.15) is 0 Å². The van der Waals surface area contributed by atoms with E-state index in [0.29, 0.717) is 10.7 Å². The lowest BCUT2D eigenvalue weighted by molar-refractivity contribution is 0.635. The van der Waals surface area contributed by atoms with Crippen LogP contribution in [0.25, 0.3) is 0 Å². The first kappa shape index (κ1) is 12.9. The second-order valence-corrected chi connectivity index (χ2v) is 4.67. The molecule has 2 aromatic rings. The van der Waals surface area contributed by atoms with E-state index in [-0.39, 0.29) is 6.04 Å². The van der Waals surface area contributed by atoms with Gasteiger partial charge in [0.2, 0.25) is 0 Å². The Hall–Kier alpha value is -1.55. The molecule has 0 radical (unpaired) electrons. The zero-order valence-corrected chi connectivity index (χ0v) is 10.9. The molecule has 0 spiro atoms. The quantitative estimate of drug-likeness (QED) is 0.452. The molecule has 3 nitrogen and oxygen atoms in total. The Morgan fingerprint density at radius 1 is 1.11 bits per heavy atom. The van der Waals surface area contributed by atoms with E-state index >= 15 is 0 Å². The Bertz CT molecular complexity index is 554. The van der Waals surface area contributed by atoms with Crippen LogP contribution in [0.2, 0.25) is 5.02 Å². The van der Waals surface area contributed by atoms with Gasteiger partial charge in [-0.05, 0) is 35.7 Å². The van der Waals surface area contributed by atoms with Gasteiger partial charge in [0.05, 0.1) is 6.04 Å². The minimum Gasteiger partial charge on any atom is -0.398 e. The fourth-order valence-corrected chi connectivity index (χ4v) is 2.25. The number of hydrazine groups is 1. The first-order valence-corrected chi connectivity index (χ1v) is 6.08. The highest BCUT2D eigenvalue weighted by Gasteiger charge is 2.16. The average molecular weight is 262 g/mol. The van der Waals surface area contributed by atoms with Gasteiger partial charge in [-0.3, -0.25) is 5.84 Å². The molecule has 0 aliphatic rings. The summed E-state index contributed by atoms with van der Waals surface area (Å²) in [6.07, 6.45) is 0. The summed E-state index contributed by atoms with van der Waals surface area (Å²) in [5.41, 5.74) is 12.6. The molecule has 0 aliphatic heterocycles. The molecule has 2 rings (SSSR count). The molecule has 18 heavy (non-hydrogen) atoms. The van der Waals surface area contributed by atoms with Gasteiger partial charge in [0.25, 0.3) is 0 Å². The van der Waals surface area contributed by atoms with Gasteiger partial charge in [-0.15, -0.1) is 0 Å². The van der Waals surface area contributed by atoms with Crippen molar-refractivity contribution in [3.63, 3.8) is 0 Å². The van der Waals surface area contributed by atoms with Gasteiger partial charge in [-0.1, -0.05) is 41.9 Å². The maximum absolute atomic E-state index is 6.01. The molecule has 0 bridgehead atoms. The zero-order valence-electron chi connectivity index (χ0n) is 10.2. The lowest BCUT2D eigenvalue weighted by Gasteiger charge is -2.20. The second kappa shape index (κ2) is 5.40. The molecule has 0 saturated carbocycles. The Kier molecular flexibility index (Phi) is 3.87. The third-order valence-corrected chi connectivity index (χ3v) is 3.26. The number of nitrogens with two attached hydrogens (primary N) is 2. The largest absolute Gasteiger partial charge is 0.398 e. The summed E-state index contributed by atoms with van der Waals surface area (Å²) in [5, 5.41) is 0.622. The summed E-state index contributed by atoms with van der Waals surface area (Å²) >= 11 is 5.91. The number of benzene rings is 2. The second-order valence-electron chi connectivity index (χ2n) is 4.23. The molecular formula is C14H16ClN3. The third kappa shape index (κ3) is 2.48. The molecular weight excluding hydrogens is 246 g/mol. The maximum atomic E-state index is 6.01. The van der Waals surface area contributed by atoms with Crippen LogP contribution < -0.4 is 17.0 Å². The third-order valence-electron chi connectivity index (χ3n) is 3.03. The smallest absolute Gasteiger partial charge is 0.0732 e. The van der Waals surface area contributed by atoms with Gasteiger partial charge in [0.15, 0.2) is 0 Å². The number of aryl methyl sites for hydroxylation is 1. The van der Waals surface area contributed by atoms with Crippen LogP contribution in [-0.4, -0.2) is 0 Å². The van der Waals surface area contributed by atoms with Crippen molar-refractivity contribution in [1.82, 2.24) is 5.43 Å². The van der Waals surface area contributed by atoms with E-state index in [1.807, 2.05) is 43.3 Å². The minimum atomic E-state index is -0.136. The van der Waals surface area contributed by atoms with E-state index in [9.17, 15) is 0 Å². The highest BCUT2D eigenvalue weighted by Crippen LogP contribution is 2.29. The maximum Gasteiger partial charge on any atom is 0.0732 e. The van der Waals surface area contributed by atoms with Gasteiger partial charge in [-0.2, -0.15) is 0 Å². The van der Waals surface area contributed by atoms with E-state index in [1.165, 1.54) is 0 Å². The number of hydrogen-bond donors (Lipinski definition) is 3. The van der Waals surface area contributed by atoms with Crippen molar-refractivity contribution in [3.05, 3.63) is 64.2 Å². The van der Waals surface area contributed by atoms with Crippen molar-refractivity contribution < 1.29 is 0 Å². The Morgan fingerprint density at radius 2 is 1.83 bits per heavy atom. The summed E-state index contributed by atoms with van der Waals surface area (Å²) < 4.78 is 0. The molecule has 1 unspecified atom stereocenters. The Labute approximate surface area is 112 Å². The monoisotopic (exact) mass is 261 g/mol. The van der Waals surface area contributed by atoms with E-state index in [4.69, 9.17) is 23.2 Å². The fourth-order valence-electron chi connectivity index (χ4n) is 2.07. The Balaban J connectivity index is 2.49. The van der Waals surface area contributed by atoms with Crippen LogP contribution in [0.5, 0.6) is 0 Å². The van der Waals surface area contributed by atoms with Crippen LogP contribution in [-0.2, 0) is 0 Å². The van der Waals surface area contributed by atoms with Gasteiger partial charge in [-0.25, -0.2) is 5.43 Å². The fraction of sp³-hybridized carbons (Fsp3) is 0.143. The summed E-state index contributed by atoms with van der Waals surface area (Å²) in [5.74, 6) is 5.67. The zero-order chi connectivity index (χ0) is 13.1. The number of nitrogens with one attached hydrogen (secondary N) is 1. The van der Waals surface area contributed by atoms with Crippen molar-refractivity contribution in [1.29, 1.82) is 0 Å². The van der Waals surface area contributed by atoms with Crippen LogP contribution in [0, 0.1) is 6.92 Å². The van der Waals surface area contributed by atoms with E-state index in [0.717, 1.165) is 16.7 Å². The number of halogens is 1. The van der Waals surface area contributed by atoms with Crippen molar-refractivity contribution in [3.8, 4) is 0 Å². The average Bonchev–Trinajstić information content (AvgIpc) is 2.34. The molecule has 5 N–H and O–H groups in total. The number of hydrogen-bond acceptors (Lipinski definition) is 3. The molecule has 0 saturated heterocycles. The molecule has 0 aromatic heterocycles. The summed E-state index contributed by atoms with van der Waals surface area (Å²) in [7, 11) is 0.